The number of rotatable bonds is 7. The highest BCUT2D eigenvalue weighted by Crippen LogP contribution is 2.43. The van der Waals surface area contributed by atoms with Gasteiger partial charge in [0.1, 0.15) is 13.2 Å². The summed E-state index contributed by atoms with van der Waals surface area (Å²) in [4.78, 5) is 12.7. The number of hydrogen-bond acceptors (Lipinski definition) is 7. The summed E-state index contributed by atoms with van der Waals surface area (Å²) in [5.74, 6) is 1.82. The average Bonchev–Trinajstić information content (AvgIpc) is 3.52. The summed E-state index contributed by atoms with van der Waals surface area (Å²) in [5.41, 5.74) is 2.01. The minimum absolute atomic E-state index is 0.0265. The average molecular weight is 452 g/mol. The second-order valence-electron chi connectivity index (χ2n) is 8.12. The summed E-state index contributed by atoms with van der Waals surface area (Å²) < 4.78 is 13.1. The van der Waals surface area contributed by atoms with Crippen molar-refractivity contribution in [3.63, 3.8) is 0 Å². The Morgan fingerprint density at radius 2 is 1.84 bits per heavy atom. The molecule has 3 aromatic rings. The summed E-state index contributed by atoms with van der Waals surface area (Å²) in [6.45, 7) is 1.76. The number of amides is 1. The number of para-hydroxylation sites is 1. The number of nitrogens with one attached hydrogen (secondary N) is 1. The Hall–Kier alpha value is -3.07. The van der Waals surface area contributed by atoms with Crippen LogP contribution in [0.15, 0.2) is 53.7 Å². The van der Waals surface area contributed by atoms with Crippen LogP contribution in [-0.2, 0) is 10.2 Å². The largest absolute Gasteiger partial charge is 0.486 e. The minimum Gasteiger partial charge on any atom is -0.486 e. The highest BCUT2D eigenvalue weighted by molar-refractivity contribution is 7.99. The van der Waals surface area contributed by atoms with Crippen molar-refractivity contribution in [2.24, 2.45) is 0 Å². The molecule has 1 N–H and O–H groups in total. The zero-order valence-corrected chi connectivity index (χ0v) is 18.5. The first-order chi connectivity index (χ1) is 15.7. The van der Waals surface area contributed by atoms with Crippen LogP contribution in [0.25, 0.3) is 5.69 Å². The third-order valence-corrected chi connectivity index (χ3v) is 7.03. The second-order valence-corrected chi connectivity index (χ2v) is 9.06. The quantitative estimate of drug-likeness (QED) is 0.552. The van der Waals surface area contributed by atoms with Gasteiger partial charge in [0.25, 0.3) is 0 Å². The van der Waals surface area contributed by atoms with E-state index < -0.39 is 0 Å². The van der Waals surface area contributed by atoms with Crippen LogP contribution in [0.2, 0.25) is 0 Å². The standard InChI is InChI=1S/C23H25N5O3S/c29-21(15-32-22-25-26-27-28(22)18-6-2-1-3-7-18)24-16-23(10-4-5-11-23)17-8-9-19-20(14-17)31-13-12-30-19/h1-3,6-9,14H,4-5,10-13,15-16H2,(H,24,29). The molecule has 1 saturated carbocycles. The Morgan fingerprint density at radius 1 is 1.06 bits per heavy atom. The first-order valence-corrected chi connectivity index (χ1v) is 11.9. The maximum absolute atomic E-state index is 12.7. The van der Waals surface area contributed by atoms with Gasteiger partial charge in [-0.05, 0) is 53.1 Å². The molecule has 0 radical (unpaired) electrons. The molecule has 2 heterocycles. The fraction of sp³-hybridized carbons (Fsp3) is 0.391. The van der Waals surface area contributed by atoms with Gasteiger partial charge in [0.2, 0.25) is 11.1 Å². The first-order valence-electron chi connectivity index (χ1n) is 10.9. The van der Waals surface area contributed by atoms with Crippen molar-refractivity contribution in [1.29, 1.82) is 0 Å². The van der Waals surface area contributed by atoms with Crippen molar-refractivity contribution in [3.05, 3.63) is 54.1 Å². The van der Waals surface area contributed by atoms with Crippen LogP contribution in [0, 0.1) is 0 Å². The molecule has 0 unspecified atom stereocenters. The molecule has 9 heteroatoms. The Kier molecular flexibility index (Phi) is 5.98. The summed E-state index contributed by atoms with van der Waals surface area (Å²) in [6.07, 6.45) is 4.41. The number of ether oxygens (including phenoxy) is 2. The Labute approximate surface area is 190 Å². The lowest BCUT2D eigenvalue weighted by Crippen LogP contribution is -2.39. The molecule has 0 atom stereocenters. The summed E-state index contributed by atoms with van der Waals surface area (Å²) >= 11 is 1.33. The number of fused-ring (bicyclic) bond motifs is 1. The van der Waals surface area contributed by atoms with E-state index in [4.69, 9.17) is 9.47 Å². The highest BCUT2D eigenvalue weighted by Gasteiger charge is 2.36. The van der Waals surface area contributed by atoms with E-state index in [1.165, 1.54) is 17.3 Å². The van der Waals surface area contributed by atoms with Crippen LogP contribution >= 0.6 is 11.8 Å². The monoisotopic (exact) mass is 451 g/mol. The van der Waals surface area contributed by atoms with Gasteiger partial charge in [-0.3, -0.25) is 4.79 Å². The number of carbonyl (C=O) groups excluding carboxylic acids is 1. The van der Waals surface area contributed by atoms with Gasteiger partial charge in [0, 0.05) is 12.0 Å². The molecule has 8 nitrogen and oxygen atoms in total. The predicted molar refractivity (Wildman–Crippen MR) is 120 cm³/mol. The lowest BCUT2D eigenvalue weighted by atomic mass is 9.78. The molecule has 2 aliphatic rings. The Balaban J connectivity index is 1.23. The van der Waals surface area contributed by atoms with Gasteiger partial charge in [-0.25, -0.2) is 0 Å². The third-order valence-electron chi connectivity index (χ3n) is 6.11. The van der Waals surface area contributed by atoms with E-state index in [0.717, 1.165) is 42.9 Å². The molecule has 0 saturated heterocycles. The number of benzene rings is 2. The van der Waals surface area contributed by atoms with E-state index in [1.807, 2.05) is 36.4 Å². The first kappa shape index (κ1) is 20.8. The van der Waals surface area contributed by atoms with E-state index in [9.17, 15) is 4.79 Å². The van der Waals surface area contributed by atoms with Crippen molar-refractivity contribution in [2.45, 2.75) is 36.3 Å². The number of thioether (sulfide) groups is 1. The van der Waals surface area contributed by atoms with E-state index in [-0.39, 0.29) is 17.1 Å². The topological polar surface area (TPSA) is 91.2 Å². The van der Waals surface area contributed by atoms with Gasteiger partial charge in [-0.2, -0.15) is 4.68 Å². The Bertz CT molecular complexity index is 1080. The minimum atomic E-state index is -0.0677. The second kappa shape index (κ2) is 9.20. The number of tetrazole rings is 1. The maximum atomic E-state index is 12.7. The van der Waals surface area contributed by atoms with E-state index in [1.54, 1.807) is 4.68 Å². The summed E-state index contributed by atoms with van der Waals surface area (Å²) in [7, 11) is 0. The summed E-state index contributed by atoms with van der Waals surface area (Å²) in [6, 6.07) is 15.9. The van der Waals surface area contributed by atoms with E-state index in [0.29, 0.717) is 24.9 Å². The van der Waals surface area contributed by atoms with Crippen molar-refractivity contribution < 1.29 is 14.3 Å². The molecule has 1 fully saturated rings. The van der Waals surface area contributed by atoms with Crippen LogP contribution < -0.4 is 14.8 Å². The molecule has 1 aliphatic heterocycles. The normalized spacial score (nSPS) is 16.6. The van der Waals surface area contributed by atoms with Crippen molar-refractivity contribution >= 4 is 17.7 Å². The number of hydrogen-bond donors (Lipinski definition) is 1. The molecular formula is C23H25N5O3S. The van der Waals surface area contributed by atoms with Gasteiger partial charge in [0.15, 0.2) is 11.5 Å². The molecule has 1 aromatic heterocycles. The van der Waals surface area contributed by atoms with Crippen LogP contribution in [0.3, 0.4) is 0 Å². The lowest BCUT2D eigenvalue weighted by molar-refractivity contribution is -0.118. The maximum Gasteiger partial charge on any atom is 0.230 e. The predicted octanol–water partition coefficient (Wildman–Crippen LogP) is 3.15. The van der Waals surface area contributed by atoms with Gasteiger partial charge >= 0.3 is 0 Å². The van der Waals surface area contributed by atoms with Crippen LogP contribution in [-0.4, -0.2) is 51.6 Å². The molecule has 1 amide bonds. The van der Waals surface area contributed by atoms with Gasteiger partial charge in [-0.1, -0.05) is 48.9 Å². The highest BCUT2D eigenvalue weighted by atomic mass is 32.2. The van der Waals surface area contributed by atoms with Gasteiger partial charge in [0.05, 0.1) is 11.4 Å². The van der Waals surface area contributed by atoms with Crippen molar-refractivity contribution in [3.8, 4) is 17.2 Å². The van der Waals surface area contributed by atoms with Crippen LogP contribution in [0.5, 0.6) is 11.5 Å². The van der Waals surface area contributed by atoms with Crippen molar-refractivity contribution in [1.82, 2.24) is 25.5 Å². The summed E-state index contributed by atoms with van der Waals surface area (Å²) in [5, 5.41) is 15.6. The van der Waals surface area contributed by atoms with Crippen LogP contribution in [0.1, 0.15) is 31.2 Å². The molecule has 166 valence electrons. The molecular weight excluding hydrogens is 426 g/mol. The molecule has 2 aromatic carbocycles. The number of carbonyl (C=O) groups is 1. The van der Waals surface area contributed by atoms with Gasteiger partial charge in [-0.15, -0.1) is 5.10 Å². The fourth-order valence-electron chi connectivity index (χ4n) is 4.44. The van der Waals surface area contributed by atoms with Gasteiger partial charge < -0.3 is 14.8 Å². The van der Waals surface area contributed by atoms with E-state index in [2.05, 4.69) is 33.0 Å². The fourth-order valence-corrected chi connectivity index (χ4v) is 5.16. The molecule has 32 heavy (non-hydrogen) atoms. The number of aromatic nitrogens is 4. The molecule has 1 aliphatic carbocycles. The Morgan fingerprint density at radius 3 is 2.66 bits per heavy atom. The third kappa shape index (κ3) is 4.29. The lowest BCUT2D eigenvalue weighted by Gasteiger charge is -2.31. The van der Waals surface area contributed by atoms with Crippen LogP contribution in [0.4, 0.5) is 0 Å². The smallest absolute Gasteiger partial charge is 0.230 e. The van der Waals surface area contributed by atoms with Crippen molar-refractivity contribution in [2.75, 3.05) is 25.5 Å². The molecule has 0 spiro atoms. The zero-order valence-electron chi connectivity index (χ0n) is 17.7. The molecule has 5 rings (SSSR count). The molecule has 0 bridgehead atoms. The number of nitrogens with zero attached hydrogens (tertiary/aromatic N) is 4. The van der Waals surface area contributed by atoms with E-state index >= 15 is 0 Å². The zero-order chi connectivity index (χ0) is 21.8. The SMILES string of the molecule is O=C(CSc1nnnn1-c1ccccc1)NCC1(c2ccc3c(c2)OCCO3)CCCC1.